The number of benzene rings is 1. The van der Waals surface area contributed by atoms with Crippen molar-refractivity contribution in [3.63, 3.8) is 0 Å². The number of hydrogen-bond acceptors (Lipinski definition) is 5. The summed E-state index contributed by atoms with van der Waals surface area (Å²) < 4.78 is 5.40. The number of nitrogens with zero attached hydrogens (tertiary/aromatic N) is 3. The first-order chi connectivity index (χ1) is 10.9. The number of amides is 1. The van der Waals surface area contributed by atoms with E-state index in [0.29, 0.717) is 31.2 Å². The predicted molar refractivity (Wildman–Crippen MR) is 93.7 cm³/mol. The first-order valence-electron chi connectivity index (χ1n) is 7.82. The molecule has 24 heavy (non-hydrogen) atoms. The maximum Gasteiger partial charge on any atom is 0.232 e. The Balaban J connectivity index is 0.00000208. The fourth-order valence-corrected chi connectivity index (χ4v) is 2.83. The van der Waals surface area contributed by atoms with Gasteiger partial charge in [-0.05, 0) is 26.3 Å². The van der Waals surface area contributed by atoms with Crippen molar-refractivity contribution in [2.45, 2.75) is 45.2 Å². The summed E-state index contributed by atoms with van der Waals surface area (Å²) in [7, 11) is 0. The van der Waals surface area contributed by atoms with Gasteiger partial charge in [0.15, 0.2) is 0 Å². The summed E-state index contributed by atoms with van der Waals surface area (Å²) in [5.74, 6) is 1.18. The van der Waals surface area contributed by atoms with Crippen LogP contribution in [0.3, 0.4) is 0 Å². The zero-order chi connectivity index (χ0) is 16.6. The maximum absolute atomic E-state index is 12.2. The molecule has 1 amide bonds. The van der Waals surface area contributed by atoms with Gasteiger partial charge in [-0.25, -0.2) is 0 Å². The highest BCUT2D eigenvalue weighted by atomic mass is 35.5. The average Bonchev–Trinajstić information content (AvgIpc) is 3.13. The molecular formula is C17H23ClN4O2. The number of rotatable bonds is 3. The van der Waals surface area contributed by atoms with Crippen molar-refractivity contribution in [2.24, 2.45) is 5.73 Å². The molecule has 0 bridgehead atoms. The van der Waals surface area contributed by atoms with Gasteiger partial charge in [-0.1, -0.05) is 29.4 Å². The topological polar surface area (TPSA) is 85.2 Å². The Morgan fingerprint density at radius 1 is 1.29 bits per heavy atom. The van der Waals surface area contributed by atoms with Gasteiger partial charge in [0.25, 0.3) is 0 Å². The van der Waals surface area contributed by atoms with Crippen molar-refractivity contribution < 1.29 is 9.32 Å². The highest BCUT2D eigenvalue weighted by Gasteiger charge is 2.39. The van der Waals surface area contributed by atoms with E-state index in [1.165, 1.54) is 0 Å². The average molecular weight is 351 g/mol. The van der Waals surface area contributed by atoms with E-state index in [9.17, 15) is 4.79 Å². The molecule has 1 aromatic heterocycles. The number of nitrogens with two attached hydrogens (primary N) is 1. The lowest BCUT2D eigenvalue weighted by atomic mass is 10.1. The Hall–Kier alpha value is -1.92. The third-order valence-corrected chi connectivity index (χ3v) is 4.17. The maximum atomic E-state index is 12.2. The minimum atomic E-state index is -0.188. The molecule has 2 N–H and O–H groups in total. The van der Waals surface area contributed by atoms with E-state index in [2.05, 4.69) is 10.1 Å². The van der Waals surface area contributed by atoms with Crippen LogP contribution in [0.1, 0.15) is 44.6 Å². The molecule has 0 radical (unpaired) electrons. The lowest BCUT2D eigenvalue weighted by Crippen LogP contribution is -2.42. The van der Waals surface area contributed by atoms with Crippen LogP contribution in [0.15, 0.2) is 28.8 Å². The predicted octanol–water partition coefficient (Wildman–Crippen LogP) is 2.73. The van der Waals surface area contributed by atoms with Gasteiger partial charge in [0.05, 0.1) is 5.92 Å². The van der Waals surface area contributed by atoms with Crippen LogP contribution in [0.5, 0.6) is 0 Å². The number of aromatic nitrogens is 2. The minimum Gasteiger partial charge on any atom is -0.339 e. The molecule has 2 aromatic rings. The molecule has 1 aliphatic heterocycles. The minimum absolute atomic E-state index is 0. The molecule has 2 heterocycles. The van der Waals surface area contributed by atoms with E-state index in [0.717, 1.165) is 11.1 Å². The summed E-state index contributed by atoms with van der Waals surface area (Å²) in [5, 5.41) is 4.05. The second kappa shape index (κ2) is 6.91. The van der Waals surface area contributed by atoms with Crippen LogP contribution in [0.4, 0.5) is 0 Å². The van der Waals surface area contributed by atoms with Crippen LogP contribution in [0.2, 0.25) is 0 Å². The Kier molecular flexibility index (Phi) is 5.30. The molecule has 6 nitrogen and oxygen atoms in total. The van der Waals surface area contributed by atoms with E-state index >= 15 is 0 Å². The second-order valence-electron chi connectivity index (χ2n) is 6.93. The summed E-state index contributed by atoms with van der Waals surface area (Å²) in [6.07, 6.45) is 0.422. The van der Waals surface area contributed by atoms with Gasteiger partial charge in [-0.3, -0.25) is 4.79 Å². The fourth-order valence-electron chi connectivity index (χ4n) is 2.83. The highest BCUT2D eigenvalue weighted by Crippen LogP contribution is 2.32. The van der Waals surface area contributed by atoms with Gasteiger partial charge in [-0.2, -0.15) is 4.98 Å². The number of hydrogen-bond donors (Lipinski definition) is 1. The molecule has 1 atom stereocenters. The summed E-state index contributed by atoms with van der Waals surface area (Å²) in [6, 6.07) is 7.76. The third kappa shape index (κ3) is 3.60. The molecule has 0 saturated carbocycles. The molecule has 0 aliphatic carbocycles. The van der Waals surface area contributed by atoms with Gasteiger partial charge < -0.3 is 15.2 Å². The van der Waals surface area contributed by atoms with Crippen LogP contribution in [0, 0.1) is 0 Å². The van der Waals surface area contributed by atoms with Gasteiger partial charge in [-0.15, -0.1) is 12.4 Å². The lowest BCUT2D eigenvalue weighted by Gasteiger charge is -2.31. The van der Waals surface area contributed by atoms with Gasteiger partial charge >= 0.3 is 0 Å². The zero-order valence-electron chi connectivity index (χ0n) is 14.2. The standard InChI is InChI=1S/C17H22N4O2.ClH/c1-17(2,3)21-10-13(8-14(21)22)16-19-15(20-23-16)12-6-4-11(9-18)5-7-12;/h4-7,13H,8-10,18H2,1-3H3;1H. The molecule has 1 aromatic carbocycles. The Morgan fingerprint density at radius 3 is 2.50 bits per heavy atom. The van der Waals surface area contributed by atoms with Crippen LogP contribution in [-0.2, 0) is 11.3 Å². The van der Waals surface area contributed by atoms with Crippen LogP contribution in [-0.4, -0.2) is 33.0 Å². The molecule has 0 spiro atoms. The van der Waals surface area contributed by atoms with Crippen LogP contribution >= 0.6 is 12.4 Å². The number of carbonyl (C=O) groups is 1. The summed E-state index contributed by atoms with van der Waals surface area (Å²) in [6.45, 7) is 7.23. The van der Waals surface area contributed by atoms with E-state index in [1.54, 1.807) is 0 Å². The van der Waals surface area contributed by atoms with E-state index in [4.69, 9.17) is 10.3 Å². The monoisotopic (exact) mass is 350 g/mol. The number of likely N-dealkylation sites (tertiary alicyclic amines) is 1. The van der Waals surface area contributed by atoms with Crippen molar-refractivity contribution in [3.8, 4) is 11.4 Å². The number of carbonyl (C=O) groups excluding carboxylic acids is 1. The lowest BCUT2D eigenvalue weighted by molar-refractivity contribution is -0.131. The molecule has 3 rings (SSSR count). The second-order valence-corrected chi connectivity index (χ2v) is 6.93. The Bertz CT molecular complexity index is 706. The molecule has 1 unspecified atom stereocenters. The third-order valence-electron chi connectivity index (χ3n) is 4.17. The molecule has 1 fully saturated rings. The fraction of sp³-hybridized carbons (Fsp3) is 0.471. The van der Waals surface area contributed by atoms with Crippen LogP contribution < -0.4 is 5.73 Å². The van der Waals surface area contributed by atoms with E-state index in [-0.39, 0.29) is 29.8 Å². The smallest absolute Gasteiger partial charge is 0.232 e. The Labute approximate surface area is 147 Å². The van der Waals surface area contributed by atoms with Crippen molar-refractivity contribution in [3.05, 3.63) is 35.7 Å². The summed E-state index contributed by atoms with van der Waals surface area (Å²) in [4.78, 5) is 18.5. The van der Waals surface area contributed by atoms with E-state index < -0.39 is 0 Å². The zero-order valence-corrected chi connectivity index (χ0v) is 15.0. The van der Waals surface area contributed by atoms with Gasteiger partial charge in [0.2, 0.25) is 17.6 Å². The van der Waals surface area contributed by atoms with Crippen molar-refractivity contribution in [1.29, 1.82) is 0 Å². The molecule has 1 saturated heterocycles. The van der Waals surface area contributed by atoms with E-state index in [1.807, 2.05) is 49.9 Å². The molecule has 1 aliphatic rings. The van der Waals surface area contributed by atoms with Gasteiger partial charge in [0.1, 0.15) is 0 Å². The quantitative estimate of drug-likeness (QED) is 0.919. The molecule has 130 valence electrons. The van der Waals surface area contributed by atoms with Crippen molar-refractivity contribution in [2.75, 3.05) is 6.54 Å². The summed E-state index contributed by atoms with van der Waals surface area (Å²) >= 11 is 0. The summed E-state index contributed by atoms with van der Waals surface area (Å²) in [5.41, 5.74) is 7.35. The van der Waals surface area contributed by atoms with Gasteiger partial charge in [0, 0.05) is 30.6 Å². The van der Waals surface area contributed by atoms with Crippen molar-refractivity contribution in [1.82, 2.24) is 15.0 Å². The highest BCUT2D eigenvalue weighted by molar-refractivity contribution is 5.85. The normalized spacial score (nSPS) is 17.9. The first kappa shape index (κ1) is 18.4. The largest absolute Gasteiger partial charge is 0.339 e. The van der Waals surface area contributed by atoms with Crippen LogP contribution in [0.25, 0.3) is 11.4 Å². The molecular weight excluding hydrogens is 328 g/mol. The number of halogens is 1. The molecule has 7 heteroatoms. The Morgan fingerprint density at radius 2 is 1.96 bits per heavy atom. The SMILES string of the molecule is CC(C)(C)N1CC(c2nc(-c3ccc(CN)cc3)no2)CC1=O.Cl. The first-order valence-corrected chi connectivity index (χ1v) is 7.82. The van der Waals surface area contributed by atoms with Crippen molar-refractivity contribution >= 4 is 18.3 Å².